The van der Waals surface area contributed by atoms with Crippen molar-refractivity contribution in [2.24, 2.45) is 5.92 Å². The van der Waals surface area contributed by atoms with E-state index in [9.17, 15) is 14.4 Å². The number of rotatable bonds is 7. The van der Waals surface area contributed by atoms with Crippen LogP contribution in [0.4, 0.5) is 0 Å². The SMILES string of the molecule is COC(=O)CCC(=O)NNC(=O)c1ccc(OCC(C)C)cc1. The van der Waals surface area contributed by atoms with Crippen LogP contribution in [0.25, 0.3) is 0 Å². The summed E-state index contributed by atoms with van der Waals surface area (Å²) in [7, 11) is 1.25. The molecule has 0 aliphatic carbocycles. The van der Waals surface area contributed by atoms with Crippen LogP contribution in [0, 0.1) is 5.92 Å². The summed E-state index contributed by atoms with van der Waals surface area (Å²) in [6.07, 6.45) is -0.102. The third kappa shape index (κ3) is 7.30. The Balaban J connectivity index is 2.39. The monoisotopic (exact) mass is 322 g/mol. The number of nitrogens with one attached hydrogen (secondary N) is 2. The molecule has 2 N–H and O–H groups in total. The van der Waals surface area contributed by atoms with Gasteiger partial charge in [0.2, 0.25) is 5.91 Å². The number of hydrogen-bond acceptors (Lipinski definition) is 5. The van der Waals surface area contributed by atoms with Crippen molar-refractivity contribution in [3.8, 4) is 5.75 Å². The van der Waals surface area contributed by atoms with Crippen molar-refractivity contribution in [3.63, 3.8) is 0 Å². The molecule has 7 nitrogen and oxygen atoms in total. The second kappa shape index (κ2) is 9.45. The van der Waals surface area contributed by atoms with Gasteiger partial charge in [-0.05, 0) is 30.2 Å². The number of ether oxygens (including phenoxy) is 2. The highest BCUT2D eigenvalue weighted by Gasteiger charge is 2.09. The zero-order chi connectivity index (χ0) is 17.2. The minimum Gasteiger partial charge on any atom is -0.493 e. The van der Waals surface area contributed by atoms with Crippen LogP contribution in [0.15, 0.2) is 24.3 Å². The number of carbonyl (C=O) groups excluding carboxylic acids is 3. The van der Waals surface area contributed by atoms with Crippen LogP contribution in [0.3, 0.4) is 0 Å². The molecule has 0 saturated heterocycles. The molecule has 0 unspecified atom stereocenters. The summed E-state index contributed by atoms with van der Waals surface area (Å²) in [6, 6.07) is 6.59. The summed E-state index contributed by atoms with van der Waals surface area (Å²) in [6.45, 7) is 4.69. The van der Waals surface area contributed by atoms with Crippen LogP contribution in [-0.4, -0.2) is 31.5 Å². The predicted molar refractivity (Wildman–Crippen MR) is 83.6 cm³/mol. The summed E-state index contributed by atoms with van der Waals surface area (Å²) in [5.41, 5.74) is 4.90. The Morgan fingerprint density at radius 2 is 1.70 bits per heavy atom. The van der Waals surface area contributed by atoms with E-state index in [1.807, 2.05) is 13.8 Å². The van der Waals surface area contributed by atoms with E-state index < -0.39 is 17.8 Å². The smallest absolute Gasteiger partial charge is 0.306 e. The van der Waals surface area contributed by atoms with Crippen molar-refractivity contribution in [1.82, 2.24) is 10.9 Å². The molecule has 0 aliphatic heterocycles. The summed E-state index contributed by atoms with van der Waals surface area (Å²) < 4.78 is 9.94. The highest BCUT2D eigenvalue weighted by atomic mass is 16.5. The minimum absolute atomic E-state index is 0.0416. The minimum atomic E-state index is -0.483. The summed E-state index contributed by atoms with van der Waals surface area (Å²) >= 11 is 0. The number of amides is 2. The highest BCUT2D eigenvalue weighted by Crippen LogP contribution is 2.13. The average molecular weight is 322 g/mol. The molecule has 7 heteroatoms. The Morgan fingerprint density at radius 1 is 1.04 bits per heavy atom. The standard InChI is InChI=1S/C16H22N2O5/c1-11(2)10-23-13-6-4-12(5-7-13)16(21)18-17-14(19)8-9-15(20)22-3/h4-7,11H,8-10H2,1-3H3,(H,17,19)(H,18,21). The van der Waals surface area contributed by atoms with Gasteiger partial charge in [0.05, 0.1) is 20.1 Å². The van der Waals surface area contributed by atoms with Crippen molar-refractivity contribution < 1.29 is 23.9 Å². The van der Waals surface area contributed by atoms with Crippen molar-refractivity contribution in [2.45, 2.75) is 26.7 Å². The third-order valence-electron chi connectivity index (χ3n) is 2.80. The van der Waals surface area contributed by atoms with Gasteiger partial charge in [-0.3, -0.25) is 25.2 Å². The van der Waals surface area contributed by atoms with E-state index in [1.165, 1.54) is 7.11 Å². The zero-order valence-corrected chi connectivity index (χ0v) is 13.5. The number of benzene rings is 1. The molecule has 0 bridgehead atoms. The molecule has 0 atom stereocenters. The highest BCUT2D eigenvalue weighted by molar-refractivity contribution is 5.95. The molecule has 0 aromatic heterocycles. The van der Waals surface area contributed by atoms with E-state index in [0.717, 1.165) is 0 Å². The second-order valence-corrected chi connectivity index (χ2v) is 5.31. The van der Waals surface area contributed by atoms with E-state index in [0.29, 0.717) is 23.8 Å². The molecule has 1 rings (SSSR count). The van der Waals surface area contributed by atoms with Crippen molar-refractivity contribution in [3.05, 3.63) is 29.8 Å². The van der Waals surface area contributed by atoms with E-state index >= 15 is 0 Å². The molecule has 1 aromatic carbocycles. The molecule has 0 saturated carbocycles. The number of hydrazine groups is 1. The van der Waals surface area contributed by atoms with Gasteiger partial charge in [0, 0.05) is 12.0 Å². The van der Waals surface area contributed by atoms with E-state index in [4.69, 9.17) is 4.74 Å². The maximum atomic E-state index is 11.9. The van der Waals surface area contributed by atoms with Crippen LogP contribution in [0.5, 0.6) is 5.75 Å². The molecule has 0 heterocycles. The Morgan fingerprint density at radius 3 is 2.26 bits per heavy atom. The Hall–Kier alpha value is -2.57. The van der Waals surface area contributed by atoms with E-state index in [1.54, 1.807) is 24.3 Å². The van der Waals surface area contributed by atoms with Crippen LogP contribution in [-0.2, 0) is 14.3 Å². The summed E-state index contributed by atoms with van der Waals surface area (Å²) in [5, 5.41) is 0. The van der Waals surface area contributed by atoms with Crippen molar-refractivity contribution in [1.29, 1.82) is 0 Å². The number of methoxy groups -OCH3 is 1. The quantitative estimate of drug-likeness (QED) is 0.585. The largest absolute Gasteiger partial charge is 0.493 e. The fourth-order valence-electron chi connectivity index (χ4n) is 1.54. The molecule has 2 amide bonds. The normalized spacial score (nSPS) is 10.1. The Kier molecular flexibility index (Phi) is 7.59. The van der Waals surface area contributed by atoms with Gasteiger partial charge in [-0.1, -0.05) is 13.8 Å². The lowest BCUT2D eigenvalue weighted by Gasteiger charge is -2.10. The van der Waals surface area contributed by atoms with Gasteiger partial charge in [-0.2, -0.15) is 0 Å². The molecule has 23 heavy (non-hydrogen) atoms. The van der Waals surface area contributed by atoms with Gasteiger partial charge >= 0.3 is 5.97 Å². The first-order chi connectivity index (χ1) is 10.9. The molecule has 0 aliphatic rings. The van der Waals surface area contributed by atoms with Gasteiger partial charge in [0.15, 0.2) is 0 Å². The lowest BCUT2D eigenvalue weighted by molar-refractivity contribution is -0.142. The third-order valence-corrected chi connectivity index (χ3v) is 2.80. The zero-order valence-electron chi connectivity index (χ0n) is 13.5. The van der Waals surface area contributed by atoms with Gasteiger partial charge in [-0.15, -0.1) is 0 Å². The lowest BCUT2D eigenvalue weighted by atomic mass is 10.2. The van der Waals surface area contributed by atoms with Crippen LogP contribution in [0.2, 0.25) is 0 Å². The van der Waals surface area contributed by atoms with Gasteiger partial charge in [0.25, 0.3) is 5.91 Å². The molecular formula is C16H22N2O5. The molecular weight excluding hydrogens is 300 g/mol. The fourth-order valence-corrected chi connectivity index (χ4v) is 1.54. The summed E-state index contributed by atoms with van der Waals surface area (Å²) in [4.78, 5) is 34.2. The molecule has 126 valence electrons. The maximum absolute atomic E-state index is 11.9. The number of hydrogen-bond donors (Lipinski definition) is 2. The first-order valence-corrected chi connectivity index (χ1v) is 7.31. The second-order valence-electron chi connectivity index (χ2n) is 5.31. The van der Waals surface area contributed by atoms with Crippen molar-refractivity contribution >= 4 is 17.8 Å². The van der Waals surface area contributed by atoms with E-state index in [2.05, 4.69) is 15.6 Å². The Bertz CT molecular complexity index is 540. The lowest BCUT2D eigenvalue weighted by Crippen LogP contribution is -2.41. The van der Waals surface area contributed by atoms with Crippen LogP contribution < -0.4 is 15.6 Å². The van der Waals surface area contributed by atoms with Gasteiger partial charge in [0.1, 0.15) is 5.75 Å². The van der Waals surface area contributed by atoms with Crippen molar-refractivity contribution in [2.75, 3.05) is 13.7 Å². The number of esters is 1. The van der Waals surface area contributed by atoms with Gasteiger partial charge in [-0.25, -0.2) is 0 Å². The molecule has 0 fully saturated rings. The van der Waals surface area contributed by atoms with Crippen LogP contribution in [0.1, 0.15) is 37.0 Å². The fraction of sp³-hybridized carbons (Fsp3) is 0.438. The number of carbonyl (C=O) groups is 3. The molecule has 0 spiro atoms. The summed E-state index contributed by atoms with van der Waals surface area (Å²) in [5.74, 6) is -0.313. The van der Waals surface area contributed by atoms with Gasteiger partial charge < -0.3 is 9.47 Å². The topological polar surface area (TPSA) is 93.7 Å². The first kappa shape index (κ1) is 18.5. The van der Waals surface area contributed by atoms with Crippen LogP contribution >= 0.6 is 0 Å². The molecule has 1 aromatic rings. The maximum Gasteiger partial charge on any atom is 0.306 e. The van der Waals surface area contributed by atoms with E-state index in [-0.39, 0.29) is 12.8 Å². The molecule has 0 radical (unpaired) electrons. The average Bonchev–Trinajstić information content (AvgIpc) is 2.55. The first-order valence-electron chi connectivity index (χ1n) is 7.31. The Labute approximate surface area is 135 Å². The predicted octanol–water partition coefficient (Wildman–Crippen LogP) is 1.44.